The van der Waals surface area contributed by atoms with Gasteiger partial charge < -0.3 is 15.3 Å². The van der Waals surface area contributed by atoms with Crippen LogP contribution in [0.5, 0.6) is 0 Å². The van der Waals surface area contributed by atoms with Crippen molar-refractivity contribution in [3.8, 4) is 24.1 Å². The minimum Gasteiger partial charge on any atom is -0.393 e. The molecule has 6 rings (SSSR count). The molecule has 1 aliphatic heterocycles. The number of hydrogen-bond donors (Lipinski definition) is 2. The van der Waals surface area contributed by atoms with Crippen molar-refractivity contribution in [1.29, 1.82) is 0 Å². The number of carbonyl (C=O) groups excluding carboxylic acids is 1. The fourth-order valence-corrected chi connectivity index (χ4v) is 5.90. The summed E-state index contributed by atoms with van der Waals surface area (Å²) in [6.07, 6.45) is 17.8. The van der Waals surface area contributed by atoms with Crippen LogP contribution in [0.1, 0.15) is 61.1 Å². The Hall–Kier alpha value is -4.33. The highest BCUT2D eigenvalue weighted by Crippen LogP contribution is 2.32. The van der Waals surface area contributed by atoms with Crippen molar-refractivity contribution in [1.82, 2.24) is 30.4 Å². The predicted molar refractivity (Wildman–Crippen MR) is 176 cm³/mol. The molecule has 0 spiro atoms. The number of pyridine rings is 2. The number of terminal acetylenes is 1. The molecule has 3 aromatic heterocycles. The molecule has 4 aromatic rings. The molecular weight excluding hydrogens is 586 g/mol. The second-order valence-corrected chi connectivity index (χ2v) is 12.0. The molecule has 1 saturated heterocycles. The lowest BCUT2D eigenvalue weighted by Gasteiger charge is -2.29. The molecule has 2 N–H and O–H groups in total. The zero-order valence-corrected chi connectivity index (χ0v) is 26.5. The van der Waals surface area contributed by atoms with Crippen molar-refractivity contribution in [2.45, 2.75) is 58.5 Å². The largest absolute Gasteiger partial charge is 0.393 e. The minimum absolute atomic E-state index is 0.171. The van der Waals surface area contributed by atoms with Crippen LogP contribution in [0.25, 0.3) is 22.2 Å². The Labute approximate surface area is 269 Å². The number of likely N-dealkylation sites (tertiary alicyclic amines) is 1. The van der Waals surface area contributed by atoms with E-state index in [1.807, 2.05) is 6.07 Å². The number of fused-ring (bicyclic) bond motifs is 2. The zero-order valence-electron chi connectivity index (χ0n) is 26.5. The quantitative estimate of drug-likeness (QED) is 0.202. The fraction of sp³-hybridized carbons (Fsp3) is 0.417. The van der Waals surface area contributed by atoms with Gasteiger partial charge in [0, 0.05) is 48.0 Å². The van der Waals surface area contributed by atoms with Gasteiger partial charge in [-0.05, 0) is 98.9 Å². The van der Waals surface area contributed by atoms with Gasteiger partial charge in [0.05, 0.1) is 18.5 Å². The van der Waals surface area contributed by atoms with E-state index in [0.29, 0.717) is 46.1 Å². The number of aliphatic hydroxyl groups is 1. The number of hydrogen-bond acceptors (Lipinski definition) is 7. The second kappa shape index (κ2) is 16.8. The van der Waals surface area contributed by atoms with Gasteiger partial charge in [0.1, 0.15) is 22.8 Å². The molecule has 0 bridgehead atoms. The lowest BCUT2D eigenvalue weighted by Crippen LogP contribution is -2.37. The molecule has 2 aliphatic rings. The molecule has 242 valence electrons. The van der Waals surface area contributed by atoms with Gasteiger partial charge in [-0.25, -0.2) is 13.8 Å². The SMILES string of the molecule is C#C.CC(C)C1CCc2nc3c(F)cc(C(=O)NCCCN4CCC(O)CC4)cc3cc2C1.Fc1cccnc1-c1ccnnc1. The van der Waals surface area contributed by atoms with Crippen LogP contribution in [0.2, 0.25) is 0 Å². The maximum absolute atomic E-state index is 14.8. The number of nitrogens with one attached hydrogen (secondary N) is 1. The van der Waals surface area contributed by atoms with Crippen molar-refractivity contribution in [3.63, 3.8) is 0 Å². The molecule has 1 atom stereocenters. The van der Waals surface area contributed by atoms with Crippen LogP contribution in [-0.4, -0.2) is 68.4 Å². The van der Waals surface area contributed by atoms with Crippen molar-refractivity contribution in [2.75, 3.05) is 26.2 Å². The monoisotopic (exact) mass is 628 g/mol. The summed E-state index contributed by atoms with van der Waals surface area (Å²) in [5, 5.41) is 20.5. The maximum Gasteiger partial charge on any atom is 0.251 e. The van der Waals surface area contributed by atoms with Gasteiger partial charge in [-0.3, -0.25) is 9.78 Å². The van der Waals surface area contributed by atoms with Crippen molar-refractivity contribution >= 4 is 16.8 Å². The van der Waals surface area contributed by atoms with Crippen molar-refractivity contribution in [3.05, 3.63) is 83.4 Å². The number of halogens is 2. The molecule has 4 heterocycles. The number of aromatic nitrogens is 4. The van der Waals surface area contributed by atoms with E-state index in [4.69, 9.17) is 0 Å². The van der Waals surface area contributed by atoms with E-state index in [-0.39, 0.29) is 17.8 Å². The summed E-state index contributed by atoms with van der Waals surface area (Å²) in [4.78, 5) is 23.5. The van der Waals surface area contributed by atoms with Gasteiger partial charge >= 0.3 is 0 Å². The number of aryl methyl sites for hydroxylation is 1. The predicted octanol–water partition coefficient (Wildman–Crippen LogP) is 5.64. The van der Waals surface area contributed by atoms with E-state index in [0.717, 1.165) is 63.9 Å². The van der Waals surface area contributed by atoms with Crippen LogP contribution < -0.4 is 5.32 Å². The first-order valence-electron chi connectivity index (χ1n) is 15.8. The van der Waals surface area contributed by atoms with E-state index < -0.39 is 5.82 Å². The third kappa shape index (κ3) is 9.12. The van der Waals surface area contributed by atoms with Gasteiger partial charge in [0.2, 0.25) is 0 Å². The molecule has 1 fully saturated rings. The smallest absolute Gasteiger partial charge is 0.251 e. The molecule has 1 amide bonds. The number of piperidine rings is 1. The summed E-state index contributed by atoms with van der Waals surface area (Å²) < 4.78 is 27.9. The molecule has 1 aromatic carbocycles. The van der Waals surface area contributed by atoms with Crippen LogP contribution in [0.4, 0.5) is 8.78 Å². The average Bonchev–Trinajstić information content (AvgIpc) is 3.08. The second-order valence-electron chi connectivity index (χ2n) is 12.0. The molecule has 1 unspecified atom stereocenters. The highest BCUT2D eigenvalue weighted by atomic mass is 19.1. The van der Waals surface area contributed by atoms with E-state index in [9.17, 15) is 18.7 Å². The topological polar surface area (TPSA) is 104 Å². The molecular formula is C36H42F2N6O2. The Kier molecular flexibility index (Phi) is 12.6. The maximum atomic E-state index is 14.8. The standard InChI is InChI=1S/C25H34FN3O2.C9H6FN3.C2H2/c1-16(2)17-4-5-23-18(12-17)13-19-14-20(15-22(26)24(19)28-23)25(31)27-8-3-9-29-10-6-21(30)7-11-29;10-8-2-1-4-11-9(8)7-3-5-12-13-6-7;1-2/h13-17,21,30H,3-12H2,1-2H3,(H,27,31);1-6H;1-2H. The third-order valence-electron chi connectivity index (χ3n) is 8.59. The summed E-state index contributed by atoms with van der Waals surface area (Å²) >= 11 is 0. The number of benzene rings is 1. The minimum atomic E-state index is -0.427. The summed E-state index contributed by atoms with van der Waals surface area (Å²) in [5.74, 6) is 0.227. The summed E-state index contributed by atoms with van der Waals surface area (Å²) in [7, 11) is 0. The Morgan fingerprint density at radius 1 is 1.07 bits per heavy atom. The van der Waals surface area contributed by atoms with Crippen LogP contribution in [0.3, 0.4) is 0 Å². The first-order valence-corrected chi connectivity index (χ1v) is 15.8. The summed E-state index contributed by atoms with van der Waals surface area (Å²) in [5.41, 5.74) is 3.85. The first kappa shape index (κ1) is 34.5. The highest BCUT2D eigenvalue weighted by molar-refractivity contribution is 5.98. The molecule has 46 heavy (non-hydrogen) atoms. The number of amides is 1. The van der Waals surface area contributed by atoms with Gasteiger partial charge in [0.25, 0.3) is 5.91 Å². The Balaban J connectivity index is 0.000000266. The van der Waals surface area contributed by atoms with Crippen LogP contribution in [-0.2, 0) is 12.8 Å². The summed E-state index contributed by atoms with van der Waals surface area (Å²) in [6.45, 7) is 7.75. The van der Waals surface area contributed by atoms with E-state index in [1.54, 1.807) is 24.4 Å². The van der Waals surface area contributed by atoms with Crippen molar-refractivity contribution in [2.24, 2.45) is 11.8 Å². The van der Waals surface area contributed by atoms with Gasteiger partial charge in [-0.1, -0.05) is 13.8 Å². The van der Waals surface area contributed by atoms with E-state index in [2.05, 4.69) is 57.1 Å². The van der Waals surface area contributed by atoms with Gasteiger partial charge in [-0.2, -0.15) is 10.2 Å². The zero-order chi connectivity index (χ0) is 33.1. The number of carbonyl (C=O) groups is 1. The Bertz CT molecular complexity index is 1610. The van der Waals surface area contributed by atoms with E-state index >= 15 is 0 Å². The molecule has 0 saturated carbocycles. The Morgan fingerprint density at radius 2 is 1.85 bits per heavy atom. The van der Waals surface area contributed by atoms with E-state index in [1.165, 1.54) is 30.1 Å². The fourth-order valence-electron chi connectivity index (χ4n) is 5.90. The van der Waals surface area contributed by atoms with Gasteiger partial charge in [0.15, 0.2) is 0 Å². The summed E-state index contributed by atoms with van der Waals surface area (Å²) in [6, 6.07) is 9.69. The molecule has 10 heteroatoms. The van der Waals surface area contributed by atoms with Crippen LogP contribution in [0, 0.1) is 36.3 Å². The molecule has 0 radical (unpaired) electrons. The Morgan fingerprint density at radius 3 is 2.54 bits per heavy atom. The normalized spacial score (nSPS) is 16.5. The van der Waals surface area contributed by atoms with Gasteiger partial charge in [-0.15, -0.1) is 12.8 Å². The van der Waals surface area contributed by atoms with Crippen molar-refractivity contribution < 1.29 is 18.7 Å². The van der Waals surface area contributed by atoms with Crippen LogP contribution >= 0.6 is 0 Å². The highest BCUT2D eigenvalue weighted by Gasteiger charge is 2.24. The average molecular weight is 629 g/mol. The number of nitrogens with zero attached hydrogens (tertiary/aromatic N) is 5. The molecule has 8 nitrogen and oxygen atoms in total. The number of aliphatic hydroxyl groups excluding tert-OH is 1. The first-order chi connectivity index (χ1) is 22.3. The van der Waals surface area contributed by atoms with Crippen LogP contribution in [0.15, 0.2) is 55.0 Å². The third-order valence-corrected chi connectivity index (χ3v) is 8.59. The molecule has 1 aliphatic carbocycles. The number of rotatable bonds is 7. The lowest BCUT2D eigenvalue weighted by atomic mass is 9.80. The lowest BCUT2D eigenvalue weighted by molar-refractivity contribution is 0.0816.